The summed E-state index contributed by atoms with van der Waals surface area (Å²) in [5.74, 6) is -0.789. The zero-order valence-electron chi connectivity index (χ0n) is 20.5. The number of rotatable bonds is 6. The van der Waals surface area contributed by atoms with Crippen molar-refractivity contribution in [3.05, 3.63) is 70.9 Å². The predicted molar refractivity (Wildman–Crippen MR) is 142 cm³/mol. The third-order valence-electron chi connectivity index (χ3n) is 6.96. The maximum atomic E-state index is 13.7. The van der Waals surface area contributed by atoms with Gasteiger partial charge in [-0.05, 0) is 48.1 Å². The maximum absolute atomic E-state index is 13.7. The normalized spacial score (nSPS) is 19.6. The number of benzene rings is 2. The minimum atomic E-state index is -1.25. The van der Waals surface area contributed by atoms with E-state index in [-0.39, 0.29) is 11.9 Å². The molecule has 0 saturated heterocycles. The summed E-state index contributed by atoms with van der Waals surface area (Å²) in [4.78, 5) is 44.2. The number of ether oxygens (including phenoxy) is 2. The molecule has 1 aromatic heterocycles. The van der Waals surface area contributed by atoms with E-state index in [9.17, 15) is 14.4 Å². The number of aromatic amines is 1. The number of hydrogen-bond donors (Lipinski definition) is 1. The van der Waals surface area contributed by atoms with E-state index in [1.165, 1.54) is 12.0 Å². The lowest BCUT2D eigenvalue weighted by Crippen LogP contribution is -2.57. The molecule has 0 radical (unpaired) electrons. The minimum absolute atomic E-state index is 0.298. The largest absolute Gasteiger partial charge is 0.467 e. The first kappa shape index (κ1) is 24.5. The standard InChI is InChI=1S/C26H27B2ClN2O5/c1-35-24(33)20-12-18-17-4-2-3-5-19(17)30-21(18)22(31(20)25(34)26(27,28)29)15-8-10-16(11-9-15)23(32)36-13-14-6-7-14/h2-5,8-11,14,20,22,30H,6-7,12-13,27-28H2,1H3/t20-,22+/m1/s1. The molecule has 2 heterocycles. The van der Waals surface area contributed by atoms with Gasteiger partial charge in [0.2, 0.25) is 5.91 Å². The second kappa shape index (κ2) is 9.36. The number of fused-ring (bicyclic) bond motifs is 3. The molecule has 0 unspecified atom stereocenters. The smallest absolute Gasteiger partial charge is 0.338 e. The zero-order valence-corrected chi connectivity index (χ0v) is 21.3. The molecule has 0 bridgehead atoms. The van der Waals surface area contributed by atoms with Crippen LogP contribution in [0.5, 0.6) is 0 Å². The highest BCUT2D eigenvalue weighted by Crippen LogP contribution is 2.42. The van der Waals surface area contributed by atoms with Crippen LogP contribution in [-0.4, -0.2) is 67.9 Å². The van der Waals surface area contributed by atoms with Crippen molar-refractivity contribution in [3.8, 4) is 0 Å². The molecule has 1 fully saturated rings. The Labute approximate surface area is 216 Å². The van der Waals surface area contributed by atoms with Crippen LogP contribution in [0, 0.1) is 5.92 Å². The van der Waals surface area contributed by atoms with Gasteiger partial charge < -0.3 is 19.4 Å². The van der Waals surface area contributed by atoms with Crippen LogP contribution >= 0.6 is 11.6 Å². The van der Waals surface area contributed by atoms with Crippen molar-refractivity contribution in [1.29, 1.82) is 0 Å². The van der Waals surface area contributed by atoms with E-state index in [1.54, 1.807) is 40.0 Å². The Morgan fingerprint density at radius 1 is 1.11 bits per heavy atom. The number of carbonyl (C=O) groups is 3. The van der Waals surface area contributed by atoms with E-state index in [0.29, 0.717) is 24.5 Å². The Kier molecular flexibility index (Phi) is 6.37. The van der Waals surface area contributed by atoms with Gasteiger partial charge in [0.15, 0.2) is 0 Å². The number of nitrogens with one attached hydrogen (secondary N) is 1. The molecule has 1 aliphatic carbocycles. The number of para-hydroxylation sites is 1. The topological polar surface area (TPSA) is 88.7 Å². The lowest BCUT2D eigenvalue weighted by Gasteiger charge is -2.43. The molecule has 5 rings (SSSR count). The quantitative estimate of drug-likeness (QED) is 0.315. The van der Waals surface area contributed by atoms with E-state index in [1.807, 2.05) is 24.3 Å². The first-order valence-electron chi connectivity index (χ1n) is 12.1. The molecule has 1 aliphatic heterocycles. The number of esters is 2. The Morgan fingerprint density at radius 2 is 1.81 bits per heavy atom. The zero-order chi connectivity index (χ0) is 25.6. The number of amides is 1. The highest BCUT2D eigenvalue weighted by atomic mass is 35.5. The molecule has 2 aliphatic rings. The highest BCUT2D eigenvalue weighted by Gasteiger charge is 2.47. The summed E-state index contributed by atoms with van der Waals surface area (Å²) in [6.07, 6.45) is 2.50. The molecule has 3 aromatic rings. The molecule has 2 atom stereocenters. The molecular formula is C26H27B2ClN2O5. The van der Waals surface area contributed by atoms with Gasteiger partial charge in [0, 0.05) is 23.0 Å². The van der Waals surface area contributed by atoms with Gasteiger partial charge in [0.25, 0.3) is 0 Å². The fraction of sp³-hybridized carbons (Fsp3) is 0.346. The fourth-order valence-electron chi connectivity index (χ4n) is 4.87. The van der Waals surface area contributed by atoms with Crippen molar-refractivity contribution in [1.82, 2.24) is 9.88 Å². The molecule has 36 heavy (non-hydrogen) atoms. The van der Waals surface area contributed by atoms with Crippen LogP contribution in [0.4, 0.5) is 0 Å². The number of carbonyl (C=O) groups excluding carboxylic acids is 3. The Balaban J connectivity index is 1.61. The van der Waals surface area contributed by atoms with Gasteiger partial charge in [-0.25, -0.2) is 9.59 Å². The summed E-state index contributed by atoms with van der Waals surface area (Å²) in [5.41, 5.74) is 3.86. The van der Waals surface area contributed by atoms with Gasteiger partial charge in [0.05, 0.1) is 30.0 Å². The van der Waals surface area contributed by atoms with E-state index in [0.717, 1.165) is 40.6 Å². The van der Waals surface area contributed by atoms with Crippen molar-refractivity contribution < 1.29 is 23.9 Å². The third kappa shape index (κ3) is 4.52. The van der Waals surface area contributed by atoms with E-state index >= 15 is 0 Å². The molecule has 184 valence electrons. The number of hydrogen-bond acceptors (Lipinski definition) is 5. The van der Waals surface area contributed by atoms with Crippen LogP contribution < -0.4 is 0 Å². The molecule has 10 heteroatoms. The number of aromatic nitrogens is 1. The monoisotopic (exact) mass is 504 g/mol. The van der Waals surface area contributed by atoms with Gasteiger partial charge in [-0.15, -0.1) is 11.6 Å². The molecular weight excluding hydrogens is 477 g/mol. The summed E-state index contributed by atoms with van der Waals surface area (Å²) in [6, 6.07) is 13.3. The Morgan fingerprint density at radius 3 is 2.44 bits per heavy atom. The van der Waals surface area contributed by atoms with Crippen molar-refractivity contribution in [2.24, 2.45) is 5.92 Å². The van der Waals surface area contributed by atoms with E-state index in [2.05, 4.69) is 4.98 Å². The molecule has 1 amide bonds. The van der Waals surface area contributed by atoms with Crippen LogP contribution in [0.2, 0.25) is 0 Å². The first-order valence-corrected chi connectivity index (χ1v) is 12.5. The van der Waals surface area contributed by atoms with E-state index < -0.39 is 22.7 Å². The van der Waals surface area contributed by atoms with Crippen LogP contribution in [0.3, 0.4) is 0 Å². The lowest BCUT2D eigenvalue weighted by molar-refractivity contribution is -0.154. The van der Waals surface area contributed by atoms with Gasteiger partial charge in [-0.1, -0.05) is 30.3 Å². The predicted octanol–water partition coefficient (Wildman–Crippen LogP) is 1.91. The van der Waals surface area contributed by atoms with Gasteiger partial charge >= 0.3 is 11.9 Å². The SMILES string of the molecule is BC(B)(Cl)C(=O)N1[C@@H](c2ccc(C(=O)OCC3CC3)cc2)c2[nH]c3ccccc3c2C[C@@H]1C(=O)OC. The molecule has 0 spiro atoms. The van der Waals surface area contributed by atoms with Gasteiger partial charge in [-0.3, -0.25) is 4.79 Å². The molecule has 7 nitrogen and oxygen atoms in total. The average molecular weight is 505 g/mol. The summed E-state index contributed by atoms with van der Waals surface area (Å²) >= 11 is 6.51. The number of halogens is 1. The van der Waals surface area contributed by atoms with Crippen molar-refractivity contribution in [2.45, 2.75) is 36.0 Å². The second-order valence-electron chi connectivity index (χ2n) is 10.1. The van der Waals surface area contributed by atoms with Crippen LogP contribution in [0.1, 0.15) is 46.1 Å². The lowest BCUT2D eigenvalue weighted by atomic mass is 9.68. The molecule has 1 N–H and O–H groups in total. The Bertz CT molecular complexity index is 1330. The summed E-state index contributed by atoms with van der Waals surface area (Å²) in [5, 5.41) is 0.990. The first-order chi connectivity index (χ1) is 17.2. The van der Waals surface area contributed by atoms with Crippen LogP contribution in [0.25, 0.3) is 10.9 Å². The average Bonchev–Trinajstić information content (AvgIpc) is 3.63. The van der Waals surface area contributed by atoms with Gasteiger partial charge in [0.1, 0.15) is 21.7 Å². The summed E-state index contributed by atoms with van der Waals surface area (Å²) in [7, 11) is 4.54. The second-order valence-corrected chi connectivity index (χ2v) is 11.0. The van der Waals surface area contributed by atoms with Gasteiger partial charge in [-0.2, -0.15) is 0 Å². The number of alkyl halides is 1. The minimum Gasteiger partial charge on any atom is -0.467 e. The number of methoxy groups -OCH3 is 1. The highest BCUT2D eigenvalue weighted by molar-refractivity contribution is 6.71. The molecule has 1 saturated carbocycles. The fourth-order valence-corrected chi connectivity index (χ4v) is 4.97. The summed E-state index contributed by atoms with van der Waals surface area (Å²) < 4.78 is 9.29. The number of nitrogens with zero attached hydrogens (tertiary/aromatic N) is 1. The van der Waals surface area contributed by atoms with Crippen molar-refractivity contribution >= 4 is 56.0 Å². The van der Waals surface area contributed by atoms with Crippen molar-refractivity contribution in [3.63, 3.8) is 0 Å². The van der Waals surface area contributed by atoms with Crippen LogP contribution in [-0.2, 0) is 25.5 Å². The number of H-pyrrole nitrogens is 1. The van der Waals surface area contributed by atoms with E-state index in [4.69, 9.17) is 21.1 Å². The third-order valence-corrected chi connectivity index (χ3v) is 7.12. The Hall–Kier alpha value is -3.19. The van der Waals surface area contributed by atoms with Crippen molar-refractivity contribution in [2.75, 3.05) is 13.7 Å². The van der Waals surface area contributed by atoms with Crippen LogP contribution in [0.15, 0.2) is 48.5 Å². The molecule has 2 aromatic carbocycles. The summed E-state index contributed by atoms with van der Waals surface area (Å²) in [6.45, 7) is 0.440. The maximum Gasteiger partial charge on any atom is 0.338 e.